The predicted octanol–water partition coefficient (Wildman–Crippen LogP) is 2.46. The second-order valence-corrected chi connectivity index (χ2v) is 5.09. The van der Waals surface area contributed by atoms with Crippen LogP contribution in [0.2, 0.25) is 0 Å². The van der Waals surface area contributed by atoms with Gasteiger partial charge in [-0.1, -0.05) is 6.92 Å². The number of rotatable bonds is 6. The fourth-order valence-corrected chi connectivity index (χ4v) is 2.26. The van der Waals surface area contributed by atoms with Crippen molar-refractivity contribution in [3.63, 3.8) is 0 Å². The van der Waals surface area contributed by atoms with Crippen molar-refractivity contribution < 1.29 is 4.42 Å². The van der Waals surface area contributed by atoms with Gasteiger partial charge in [0.1, 0.15) is 17.3 Å². The van der Waals surface area contributed by atoms with Gasteiger partial charge in [-0.3, -0.25) is 0 Å². The minimum absolute atomic E-state index is 0.668. The lowest BCUT2D eigenvalue weighted by atomic mass is 10.3. The van der Waals surface area contributed by atoms with E-state index in [0.29, 0.717) is 5.92 Å². The lowest BCUT2D eigenvalue weighted by Gasteiger charge is -2.01. The second kappa shape index (κ2) is 4.98. The first-order valence-corrected chi connectivity index (χ1v) is 6.60. The molecule has 1 aliphatic rings. The van der Waals surface area contributed by atoms with Crippen molar-refractivity contribution in [2.45, 2.75) is 32.2 Å². The first-order valence-electron chi connectivity index (χ1n) is 6.60. The Hall–Kier alpha value is -1.55. The number of H-pyrrole nitrogens is 1. The highest BCUT2D eigenvalue weighted by atomic mass is 16.3. The zero-order valence-corrected chi connectivity index (χ0v) is 10.6. The van der Waals surface area contributed by atoms with E-state index in [9.17, 15) is 0 Å². The Balaban J connectivity index is 1.41. The number of hydrogen-bond donors (Lipinski definition) is 2. The van der Waals surface area contributed by atoms with Gasteiger partial charge in [0.15, 0.2) is 0 Å². The summed E-state index contributed by atoms with van der Waals surface area (Å²) in [6.45, 7) is 3.97. The summed E-state index contributed by atoms with van der Waals surface area (Å²) >= 11 is 0. The Labute approximate surface area is 107 Å². The Morgan fingerprint density at radius 2 is 2.39 bits per heavy atom. The fourth-order valence-electron chi connectivity index (χ4n) is 2.26. The number of aromatic nitrogens is 2. The van der Waals surface area contributed by atoms with Crippen LogP contribution in [0.4, 0.5) is 0 Å². The van der Waals surface area contributed by atoms with E-state index >= 15 is 0 Å². The van der Waals surface area contributed by atoms with E-state index in [0.717, 1.165) is 42.8 Å². The first kappa shape index (κ1) is 11.5. The molecule has 2 heterocycles. The zero-order valence-electron chi connectivity index (χ0n) is 10.6. The fraction of sp³-hybridized carbons (Fsp3) is 0.500. The topological polar surface area (TPSA) is 53.9 Å². The van der Waals surface area contributed by atoms with Crippen LogP contribution >= 0.6 is 0 Å². The summed E-state index contributed by atoms with van der Waals surface area (Å²) in [6.07, 6.45) is 5.83. The molecule has 4 heteroatoms. The third-order valence-electron chi connectivity index (χ3n) is 3.55. The molecule has 0 bridgehead atoms. The molecule has 2 aromatic rings. The summed E-state index contributed by atoms with van der Waals surface area (Å²) in [5.74, 6) is 4.68. The van der Waals surface area contributed by atoms with E-state index in [-0.39, 0.29) is 0 Å². The number of imidazole rings is 1. The molecule has 0 saturated heterocycles. The summed E-state index contributed by atoms with van der Waals surface area (Å²) in [5.41, 5.74) is 0. The van der Waals surface area contributed by atoms with E-state index in [1.54, 1.807) is 6.20 Å². The molecular formula is C14H19N3O. The number of nitrogens with one attached hydrogen (secondary N) is 2. The molecule has 2 N–H and O–H groups in total. The summed E-state index contributed by atoms with van der Waals surface area (Å²) in [7, 11) is 0. The Kier molecular flexibility index (Phi) is 3.19. The maximum absolute atomic E-state index is 5.83. The summed E-state index contributed by atoms with van der Waals surface area (Å²) in [6, 6.07) is 4.21. The third-order valence-corrected chi connectivity index (χ3v) is 3.55. The van der Waals surface area contributed by atoms with Crippen LogP contribution in [-0.4, -0.2) is 16.5 Å². The molecule has 2 atom stereocenters. The van der Waals surface area contributed by atoms with Gasteiger partial charge >= 0.3 is 0 Å². The van der Waals surface area contributed by atoms with Crippen molar-refractivity contribution in [2.75, 3.05) is 6.54 Å². The maximum Gasteiger partial charge on any atom is 0.117 e. The lowest BCUT2D eigenvalue weighted by Crippen LogP contribution is -2.16. The van der Waals surface area contributed by atoms with E-state index in [1.807, 2.05) is 6.20 Å². The highest BCUT2D eigenvalue weighted by Gasteiger charge is 2.36. The predicted molar refractivity (Wildman–Crippen MR) is 69.2 cm³/mol. The molecule has 2 aromatic heterocycles. The smallest absolute Gasteiger partial charge is 0.117 e. The van der Waals surface area contributed by atoms with Gasteiger partial charge in [0, 0.05) is 31.3 Å². The number of nitrogens with zero attached hydrogens (tertiary/aromatic N) is 1. The maximum atomic E-state index is 5.83. The summed E-state index contributed by atoms with van der Waals surface area (Å²) in [4.78, 5) is 7.28. The second-order valence-electron chi connectivity index (χ2n) is 5.09. The first-order chi connectivity index (χ1) is 8.83. The molecule has 1 aliphatic carbocycles. The molecule has 1 fully saturated rings. The average Bonchev–Trinajstić information content (AvgIpc) is 2.86. The van der Waals surface area contributed by atoms with E-state index in [4.69, 9.17) is 4.42 Å². The Bertz CT molecular complexity index is 489. The minimum atomic E-state index is 0.668. The molecule has 0 spiro atoms. The molecule has 0 amide bonds. The molecule has 18 heavy (non-hydrogen) atoms. The van der Waals surface area contributed by atoms with Crippen LogP contribution < -0.4 is 5.32 Å². The van der Waals surface area contributed by atoms with E-state index in [1.165, 1.54) is 6.42 Å². The largest absolute Gasteiger partial charge is 0.464 e. The zero-order chi connectivity index (χ0) is 12.4. The monoisotopic (exact) mass is 245 g/mol. The molecular weight excluding hydrogens is 226 g/mol. The van der Waals surface area contributed by atoms with Gasteiger partial charge < -0.3 is 14.7 Å². The van der Waals surface area contributed by atoms with Gasteiger partial charge in [0.2, 0.25) is 0 Å². The molecule has 3 rings (SSSR count). The van der Waals surface area contributed by atoms with Crippen LogP contribution in [0.5, 0.6) is 0 Å². The van der Waals surface area contributed by atoms with Crippen molar-refractivity contribution >= 4 is 0 Å². The summed E-state index contributed by atoms with van der Waals surface area (Å²) in [5, 5.41) is 3.37. The van der Waals surface area contributed by atoms with Crippen LogP contribution in [-0.2, 0) is 13.0 Å². The minimum Gasteiger partial charge on any atom is -0.464 e. The van der Waals surface area contributed by atoms with Crippen LogP contribution in [0.15, 0.2) is 28.9 Å². The highest BCUT2D eigenvalue weighted by molar-refractivity contribution is 5.17. The van der Waals surface area contributed by atoms with Crippen LogP contribution in [0.3, 0.4) is 0 Å². The van der Waals surface area contributed by atoms with E-state index in [2.05, 4.69) is 34.3 Å². The van der Waals surface area contributed by atoms with Gasteiger partial charge in [-0.2, -0.15) is 0 Å². The van der Waals surface area contributed by atoms with Gasteiger partial charge in [0.25, 0.3) is 0 Å². The number of hydrogen-bond acceptors (Lipinski definition) is 3. The van der Waals surface area contributed by atoms with Gasteiger partial charge in [0.05, 0.1) is 6.54 Å². The van der Waals surface area contributed by atoms with Crippen molar-refractivity contribution in [1.29, 1.82) is 0 Å². The molecule has 2 unspecified atom stereocenters. The van der Waals surface area contributed by atoms with Crippen molar-refractivity contribution in [3.8, 4) is 0 Å². The Morgan fingerprint density at radius 3 is 3.11 bits per heavy atom. The number of aromatic amines is 1. The van der Waals surface area contributed by atoms with E-state index < -0.39 is 0 Å². The molecule has 4 nitrogen and oxygen atoms in total. The Morgan fingerprint density at radius 1 is 1.50 bits per heavy atom. The van der Waals surface area contributed by atoms with Crippen molar-refractivity contribution in [3.05, 3.63) is 41.9 Å². The van der Waals surface area contributed by atoms with Crippen LogP contribution in [0.25, 0.3) is 0 Å². The van der Waals surface area contributed by atoms with Crippen LogP contribution in [0, 0.1) is 5.92 Å². The molecule has 0 radical (unpaired) electrons. The molecule has 0 aromatic carbocycles. The molecule has 96 valence electrons. The molecule has 1 saturated carbocycles. The third kappa shape index (κ3) is 2.64. The van der Waals surface area contributed by atoms with Gasteiger partial charge in [-0.15, -0.1) is 0 Å². The molecule has 0 aliphatic heterocycles. The quantitative estimate of drug-likeness (QED) is 0.769. The van der Waals surface area contributed by atoms with Crippen molar-refractivity contribution in [1.82, 2.24) is 15.3 Å². The normalized spacial score (nSPS) is 22.3. The van der Waals surface area contributed by atoms with Gasteiger partial charge in [-0.25, -0.2) is 4.98 Å². The van der Waals surface area contributed by atoms with Gasteiger partial charge in [-0.05, 0) is 24.5 Å². The number of furan rings is 1. The lowest BCUT2D eigenvalue weighted by molar-refractivity contribution is 0.444. The summed E-state index contributed by atoms with van der Waals surface area (Å²) < 4.78 is 5.83. The van der Waals surface area contributed by atoms with Crippen LogP contribution in [0.1, 0.15) is 36.6 Å². The van der Waals surface area contributed by atoms with Crippen molar-refractivity contribution in [2.24, 2.45) is 5.92 Å². The SMILES string of the molecule is CC1CC1c1ccc(CNCCc2ncc[nH]2)o1. The highest BCUT2D eigenvalue weighted by Crippen LogP contribution is 2.47. The standard InChI is InChI=1S/C14H19N3O/c1-10-8-12(10)13-3-2-11(18-13)9-15-5-4-14-16-6-7-17-14/h2-3,6-7,10,12,15H,4-5,8-9H2,1H3,(H,16,17). The average molecular weight is 245 g/mol.